The van der Waals surface area contributed by atoms with Crippen molar-refractivity contribution < 1.29 is 4.79 Å². The zero-order valence-electron chi connectivity index (χ0n) is 13.8. The van der Waals surface area contributed by atoms with Gasteiger partial charge in [-0.25, -0.2) is 14.2 Å². The minimum absolute atomic E-state index is 0.0169. The summed E-state index contributed by atoms with van der Waals surface area (Å²) >= 11 is 0. The molecule has 4 aromatic heterocycles. The highest BCUT2D eigenvalue weighted by molar-refractivity contribution is 5.94. The molecule has 1 atom stereocenters. The molecule has 0 saturated heterocycles. The summed E-state index contributed by atoms with van der Waals surface area (Å²) in [6.07, 6.45) is 9.14. The molecule has 0 saturated carbocycles. The van der Waals surface area contributed by atoms with Crippen molar-refractivity contribution in [1.29, 1.82) is 0 Å². The van der Waals surface area contributed by atoms with E-state index < -0.39 is 0 Å². The predicted molar refractivity (Wildman–Crippen MR) is 93.6 cm³/mol. The molecule has 8 nitrogen and oxygen atoms in total. The van der Waals surface area contributed by atoms with Crippen molar-refractivity contribution in [3.8, 4) is 0 Å². The minimum atomic E-state index is -0.0527. The molecule has 0 bridgehead atoms. The molecule has 4 aromatic rings. The highest BCUT2D eigenvalue weighted by Crippen LogP contribution is 2.37. The van der Waals surface area contributed by atoms with E-state index in [2.05, 4.69) is 25.5 Å². The van der Waals surface area contributed by atoms with E-state index in [-0.39, 0.29) is 11.8 Å². The van der Waals surface area contributed by atoms with Crippen molar-refractivity contribution >= 4 is 17.4 Å². The summed E-state index contributed by atoms with van der Waals surface area (Å²) in [5, 5.41) is 11.6. The number of hydrogen-bond donors (Lipinski definition) is 1. The van der Waals surface area contributed by atoms with Gasteiger partial charge in [-0.3, -0.25) is 9.78 Å². The molecule has 5 heterocycles. The SMILES string of the molecule is O=C1CC(c2ccn3ncnc3c2)c2cnn(Cc3cccnc3)c2N1. The van der Waals surface area contributed by atoms with E-state index in [4.69, 9.17) is 0 Å². The minimum Gasteiger partial charge on any atom is -0.311 e. The first-order valence-electron chi connectivity index (χ1n) is 8.32. The van der Waals surface area contributed by atoms with Crippen LogP contribution < -0.4 is 5.32 Å². The Morgan fingerprint density at radius 2 is 2.19 bits per heavy atom. The van der Waals surface area contributed by atoms with Crippen molar-refractivity contribution in [2.75, 3.05) is 5.32 Å². The molecule has 8 heteroatoms. The molecule has 1 amide bonds. The van der Waals surface area contributed by atoms with Crippen LogP contribution in [-0.2, 0) is 11.3 Å². The van der Waals surface area contributed by atoms with Gasteiger partial charge in [-0.15, -0.1) is 0 Å². The maximum atomic E-state index is 12.3. The Bertz CT molecular complexity index is 1100. The quantitative estimate of drug-likeness (QED) is 0.612. The molecule has 26 heavy (non-hydrogen) atoms. The van der Waals surface area contributed by atoms with Crippen LogP contribution in [0.2, 0.25) is 0 Å². The van der Waals surface area contributed by atoms with Gasteiger partial charge in [0.2, 0.25) is 5.91 Å². The summed E-state index contributed by atoms with van der Waals surface area (Å²) in [6, 6.07) is 7.83. The summed E-state index contributed by atoms with van der Waals surface area (Å²) in [7, 11) is 0. The second kappa shape index (κ2) is 5.76. The topological polar surface area (TPSA) is 90.0 Å². The molecule has 5 rings (SSSR count). The number of rotatable bonds is 3. The lowest BCUT2D eigenvalue weighted by molar-refractivity contribution is -0.116. The number of anilines is 1. The molecule has 128 valence electrons. The first-order valence-corrected chi connectivity index (χ1v) is 8.32. The van der Waals surface area contributed by atoms with Gasteiger partial charge in [0, 0.05) is 36.5 Å². The van der Waals surface area contributed by atoms with Crippen LogP contribution in [0.5, 0.6) is 0 Å². The smallest absolute Gasteiger partial charge is 0.226 e. The Balaban J connectivity index is 1.55. The Morgan fingerprint density at radius 3 is 3.08 bits per heavy atom. The number of carbonyl (C=O) groups excluding carboxylic acids is 1. The summed E-state index contributed by atoms with van der Waals surface area (Å²) in [5.41, 5.74) is 3.83. The molecule has 0 aromatic carbocycles. The lowest BCUT2D eigenvalue weighted by Crippen LogP contribution is -2.25. The number of nitrogens with one attached hydrogen (secondary N) is 1. The highest BCUT2D eigenvalue weighted by Gasteiger charge is 2.30. The molecule has 0 aliphatic carbocycles. The second-order valence-electron chi connectivity index (χ2n) is 6.30. The number of nitrogens with zero attached hydrogens (tertiary/aromatic N) is 6. The summed E-state index contributed by atoms with van der Waals surface area (Å²) in [4.78, 5) is 20.7. The number of carbonyl (C=O) groups is 1. The van der Waals surface area contributed by atoms with E-state index >= 15 is 0 Å². The van der Waals surface area contributed by atoms with Crippen molar-refractivity contribution in [2.24, 2.45) is 0 Å². The van der Waals surface area contributed by atoms with Gasteiger partial charge in [-0.1, -0.05) is 6.07 Å². The maximum Gasteiger partial charge on any atom is 0.226 e. The molecule has 0 radical (unpaired) electrons. The first-order chi connectivity index (χ1) is 12.8. The van der Waals surface area contributed by atoms with Gasteiger partial charge in [0.05, 0.1) is 12.7 Å². The third kappa shape index (κ3) is 2.43. The van der Waals surface area contributed by atoms with Gasteiger partial charge < -0.3 is 5.32 Å². The van der Waals surface area contributed by atoms with Crippen LogP contribution in [0.4, 0.5) is 5.82 Å². The number of pyridine rings is 2. The number of amides is 1. The molecule has 1 N–H and O–H groups in total. The largest absolute Gasteiger partial charge is 0.311 e. The fourth-order valence-corrected chi connectivity index (χ4v) is 3.40. The van der Waals surface area contributed by atoms with Crippen LogP contribution in [0.1, 0.15) is 29.0 Å². The van der Waals surface area contributed by atoms with Crippen LogP contribution >= 0.6 is 0 Å². The van der Waals surface area contributed by atoms with Gasteiger partial charge in [-0.05, 0) is 29.3 Å². The number of aromatic nitrogens is 6. The van der Waals surface area contributed by atoms with E-state index in [1.165, 1.54) is 6.33 Å². The summed E-state index contributed by atoms with van der Waals surface area (Å²) < 4.78 is 3.52. The molecule has 1 aliphatic heterocycles. The Hall–Kier alpha value is -3.55. The first kappa shape index (κ1) is 14.8. The molecular formula is C18H15N7O. The van der Waals surface area contributed by atoms with Gasteiger partial charge in [-0.2, -0.15) is 10.2 Å². The lowest BCUT2D eigenvalue weighted by atomic mass is 9.88. The summed E-state index contributed by atoms with van der Waals surface area (Å²) in [6.45, 7) is 0.555. The maximum absolute atomic E-state index is 12.3. The lowest BCUT2D eigenvalue weighted by Gasteiger charge is -2.23. The number of hydrogen-bond acceptors (Lipinski definition) is 5. The average molecular weight is 345 g/mol. The van der Waals surface area contributed by atoms with E-state index in [1.807, 2.05) is 41.3 Å². The van der Waals surface area contributed by atoms with E-state index in [9.17, 15) is 4.79 Å². The van der Waals surface area contributed by atoms with E-state index in [0.717, 1.165) is 28.2 Å². The van der Waals surface area contributed by atoms with Crippen molar-refractivity contribution in [3.05, 3.63) is 72.1 Å². The third-order valence-electron chi connectivity index (χ3n) is 4.65. The van der Waals surface area contributed by atoms with Gasteiger partial charge >= 0.3 is 0 Å². The fourth-order valence-electron chi connectivity index (χ4n) is 3.40. The molecule has 1 aliphatic rings. The van der Waals surface area contributed by atoms with Crippen LogP contribution in [0.15, 0.2) is 55.4 Å². The van der Waals surface area contributed by atoms with Gasteiger partial charge in [0.15, 0.2) is 5.65 Å². The van der Waals surface area contributed by atoms with Crippen LogP contribution in [0, 0.1) is 0 Å². The standard InChI is InChI=1S/C18H15N7O/c26-17-7-14(13-3-5-24-16(6-13)20-11-22-24)15-9-21-25(18(15)23-17)10-12-2-1-4-19-8-12/h1-6,8-9,11,14H,7,10H2,(H,23,26). The normalized spacial score (nSPS) is 16.5. The monoisotopic (exact) mass is 345 g/mol. The van der Waals surface area contributed by atoms with Crippen LogP contribution in [-0.4, -0.2) is 35.3 Å². The Labute approximate surface area is 148 Å². The van der Waals surface area contributed by atoms with Crippen LogP contribution in [0.3, 0.4) is 0 Å². The van der Waals surface area contributed by atoms with Crippen molar-refractivity contribution in [1.82, 2.24) is 29.4 Å². The van der Waals surface area contributed by atoms with E-state index in [0.29, 0.717) is 13.0 Å². The third-order valence-corrected chi connectivity index (χ3v) is 4.65. The van der Waals surface area contributed by atoms with Gasteiger partial charge in [0.25, 0.3) is 0 Å². The van der Waals surface area contributed by atoms with Crippen molar-refractivity contribution in [2.45, 2.75) is 18.9 Å². The molecule has 0 spiro atoms. The zero-order valence-corrected chi connectivity index (χ0v) is 13.8. The average Bonchev–Trinajstić information content (AvgIpc) is 3.28. The highest BCUT2D eigenvalue weighted by atomic mass is 16.1. The van der Waals surface area contributed by atoms with Crippen LogP contribution in [0.25, 0.3) is 5.65 Å². The fraction of sp³-hybridized carbons (Fsp3) is 0.167. The Morgan fingerprint density at radius 1 is 1.23 bits per heavy atom. The van der Waals surface area contributed by atoms with Crippen molar-refractivity contribution in [3.63, 3.8) is 0 Å². The van der Waals surface area contributed by atoms with E-state index in [1.54, 1.807) is 16.9 Å². The number of fused-ring (bicyclic) bond motifs is 2. The zero-order chi connectivity index (χ0) is 17.5. The molecule has 1 unspecified atom stereocenters. The molecule has 0 fully saturated rings. The van der Waals surface area contributed by atoms with Gasteiger partial charge in [0.1, 0.15) is 12.1 Å². The molecular weight excluding hydrogens is 330 g/mol. The Kier molecular flexibility index (Phi) is 3.27. The summed E-state index contributed by atoms with van der Waals surface area (Å²) in [5.74, 6) is 0.677. The second-order valence-corrected chi connectivity index (χ2v) is 6.30. The predicted octanol–water partition coefficient (Wildman–Crippen LogP) is 1.84.